The summed E-state index contributed by atoms with van der Waals surface area (Å²) in [5.74, 6) is -1.84. The number of quaternary nitrogens is 1. The SMILES string of the molecule is CC/C=C/C/C=C/C/C=C/C/C=C/C/C=C/CCCCCCCCC(=O)OC(COCCC(C(=O)[O-])[N+](C)(C)C)COC(=O)CC/C=C/CCCCC. The number of unbranched alkanes of at least 4 members (excludes halogenated alkanes) is 9. The Balaban J connectivity index is 4.32. The van der Waals surface area contributed by atoms with Crippen molar-refractivity contribution in [1.82, 2.24) is 0 Å². The van der Waals surface area contributed by atoms with E-state index in [0.717, 1.165) is 77.0 Å². The molecule has 302 valence electrons. The Morgan fingerprint density at radius 3 is 1.66 bits per heavy atom. The van der Waals surface area contributed by atoms with Crippen LogP contribution in [0.1, 0.15) is 142 Å². The minimum Gasteiger partial charge on any atom is -0.544 e. The third-order valence-corrected chi connectivity index (χ3v) is 8.59. The van der Waals surface area contributed by atoms with Crippen molar-refractivity contribution in [2.24, 2.45) is 0 Å². The van der Waals surface area contributed by atoms with Crippen molar-refractivity contribution >= 4 is 17.9 Å². The van der Waals surface area contributed by atoms with E-state index in [1.54, 1.807) is 21.1 Å². The average molecular weight is 742 g/mol. The molecule has 0 radical (unpaired) electrons. The van der Waals surface area contributed by atoms with Crippen molar-refractivity contribution in [3.05, 3.63) is 72.9 Å². The Hall–Kier alpha value is -3.23. The van der Waals surface area contributed by atoms with Crippen LogP contribution in [-0.4, -0.2) is 75.5 Å². The predicted molar refractivity (Wildman–Crippen MR) is 217 cm³/mol. The number of ether oxygens (including phenoxy) is 3. The van der Waals surface area contributed by atoms with Gasteiger partial charge < -0.3 is 28.6 Å². The first-order valence-corrected chi connectivity index (χ1v) is 20.5. The lowest BCUT2D eigenvalue weighted by Crippen LogP contribution is -2.55. The van der Waals surface area contributed by atoms with Crippen LogP contribution in [0, 0.1) is 0 Å². The third-order valence-electron chi connectivity index (χ3n) is 8.59. The number of hydrogen-bond donors (Lipinski definition) is 0. The van der Waals surface area contributed by atoms with Gasteiger partial charge in [0.15, 0.2) is 6.10 Å². The summed E-state index contributed by atoms with van der Waals surface area (Å²) >= 11 is 0. The number of rotatable bonds is 35. The monoisotopic (exact) mass is 742 g/mol. The van der Waals surface area contributed by atoms with Crippen LogP contribution in [0.5, 0.6) is 0 Å². The first-order chi connectivity index (χ1) is 25.6. The number of carbonyl (C=O) groups is 3. The van der Waals surface area contributed by atoms with Crippen molar-refractivity contribution < 1.29 is 38.2 Å². The fourth-order valence-corrected chi connectivity index (χ4v) is 5.41. The summed E-state index contributed by atoms with van der Waals surface area (Å²) in [6.45, 7) is 4.40. The molecule has 8 nitrogen and oxygen atoms in total. The molecular weight excluding hydrogens is 666 g/mol. The van der Waals surface area contributed by atoms with Gasteiger partial charge in [-0.1, -0.05) is 125 Å². The molecule has 0 aromatic heterocycles. The summed E-state index contributed by atoms with van der Waals surface area (Å²) in [5, 5.41) is 11.6. The second kappa shape index (κ2) is 35.8. The Labute approximate surface area is 323 Å². The number of nitrogens with zero attached hydrogens (tertiary/aromatic N) is 1. The zero-order valence-corrected chi connectivity index (χ0v) is 34.2. The highest BCUT2D eigenvalue weighted by Crippen LogP contribution is 2.12. The lowest BCUT2D eigenvalue weighted by molar-refractivity contribution is -0.889. The smallest absolute Gasteiger partial charge is 0.306 e. The fourth-order valence-electron chi connectivity index (χ4n) is 5.41. The standard InChI is InChI=1S/C45H75NO7/c1-6-8-10-12-14-15-16-17-18-19-20-21-22-23-24-25-26-27-28-30-32-34-36-44(48)53-41(39-51-38-37-42(45(49)50)46(3,4)5)40-52-43(47)35-33-31-29-13-11-9-7-2/h8,10,14-15,17-18,20-21,23-24,29,31,41-42H,6-7,9,11-13,16,19,22,25-28,30,32-40H2,1-5H3/b10-8+,15-14+,18-17+,21-20+,24-23+,31-29+. The minimum absolute atomic E-state index is 0.0190. The molecule has 0 aromatic carbocycles. The van der Waals surface area contributed by atoms with Crippen molar-refractivity contribution in [3.63, 3.8) is 0 Å². The molecule has 0 aliphatic heterocycles. The molecule has 0 spiro atoms. The molecule has 0 N–H and O–H groups in total. The molecule has 53 heavy (non-hydrogen) atoms. The molecule has 0 bridgehead atoms. The molecular formula is C45H75NO7. The zero-order valence-electron chi connectivity index (χ0n) is 34.2. The van der Waals surface area contributed by atoms with Gasteiger partial charge in [0.1, 0.15) is 12.6 Å². The van der Waals surface area contributed by atoms with Crippen LogP contribution in [0.2, 0.25) is 0 Å². The van der Waals surface area contributed by atoms with E-state index in [4.69, 9.17) is 14.2 Å². The summed E-state index contributed by atoms with van der Waals surface area (Å²) < 4.78 is 17.0. The quantitative estimate of drug-likeness (QED) is 0.0276. The van der Waals surface area contributed by atoms with Crippen LogP contribution in [0.15, 0.2) is 72.9 Å². The van der Waals surface area contributed by atoms with Crippen molar-refractivity contribution in [3.8, 4) is 0 Å². The van der Waals surface area contributed by atoms with Gasteiger partial charge in [0, 0.05) is 19.3 Å². The van der Waals surface area contributed by atoms with Crippen LogP contribution in [-0.2, 0) is 28.6 Å². The zero-order chi connectivity index (χ0) is 39.3. The molecule has 0 saturated heterocycles. The van der Waals surface area contributed by atoms with Crippen LogP contribution in [0.4, 0.5) is 0 Å². The average Bonchev–Trinajstić information content (AvgIpc) is 3.11. The van der Waals surface area contributed by atoms with Gasteiger partial charge in [-0.3, -0.25) is 9.59 Å². The molecule has 0 rings (SSSR count). The van der Waals surface area contributed by atoms with Crippen LogP contribution in [0.25, 0.3) is 0 Å². The predicted octanol–water partition coefficient (Wildman–Crippen LogP) is 9.46. The van der Waals surface area contributed by atoms with Crippen LogP contribution < -0.4 is 5.11 Å². The van der Waals surface area contributed by atoms with Gasteiger partial charge in [-0.2, -0.15) is 0 Å². The maximum atomic E-state index is 12.7. The van der Waals surface area contributed by atoms with Crippen LogP contribution in [0.3, 0.4) is 0 Å². The molecule has 2 atom stereocenters. The summed E-state index contributed by atoms with van der Waals surface area (Å²) in [4.78, 5) is 36.6. The summed E-state index contributed by atoms with van der Waals surface area (Å²) in [6.07, 6.45) is 43.9. The van der Waals surface area contributed by atoms with Gasteiger partial charge in [-0.15, -0.1) is 0 Å². The summed E-state index contributed by atoms with van der Waals surface area (Å²) in [7, 11) is 5.37. The van der Waals surface area contributed by atoms with E-state index in [9.17, 15) is 19.5 Å². The molecule has 0 aromatic rings. The molecule has 0 saturated carbocycles. The van der Waals surface area contributed by atoms with Gasteiger partial charge in [0.2, 0.25) is 0 Å². The largest absolute Gasteiger partial charge is 0.544 e. The molecule has 2 unspecified atom stereocenters. The van der Waals surface area contributed by atoms with E-state index in [1.165, 1.54) is 25.7 Å². The van der Waals surface area contributed by atoms with Crippen LogP contribution >= 0.6 is 0 Å². The number of esters is 2. The van der Waals surface area contributed by atoms with Gasteiger partial charge >= 0.3 is 11.9 Å². The highest BCUT2D eigenvalue weighted by Gasteiger charge is 2.25. The van der Waals surface area contributed by atoms with E-state index in [2.05, 4.69) is 80.7 Å². The van der Waals surface area contributed by atoms with E-state index in [0.29, 0.717) is 12.8 Å². The topological polar surface area (TPSA) is 102 Å². The van der Waals surface area contributed by atoms with Gasteiger partial charge in [-0.05, 0) is 70.6 Å². The van der Waals surface area contributed by atoms with Crippen molar-refractivity contribution in [2.45, 2.75) is 154 Å². The molecule has 0 aliphatic carbocycles. The van der Waals surface area contributed by atoms with Gasteiger partial charge in [-0.25, -0.2) is 0 Å². The van der Waals surface area contributed by atoms with E-state index < -0.39 is 18.1 Å². The molecule has 0 amide bonds. The first kappa shape index (κ1) is 49.8. The van der Waals surface area contributed by atoms with E-state index in [-0.39, 0.29) is 49.1 Å². The number of carbonyl (C=O) groups excluding carboxylic acids is 3. The van der Waals surface area contributed by atoms with Gasteiger partial charge in [0.25, 0.3) is 0 Å². The second-order valence-electron chi connectivity index (χ2n) is 14.5. The Bertz CT molecular complexity index is 1100. The first-order valence-electron chi connectivity index (χ1n) is 20.5. The number of carboxylic acid groups (broad SMARTS) is 1. The number of aliphatic carboxylic acids is 1. The molecule has 0 heterocycles. The maximum Gasteiger partial charge on any atom is 0.306 e. The molecule has 0 fully saturated rings. The third kappa shape index (κ3) is 34.3. The maximum absolute atomic E-state index is 12.7. The fraction of sp³-hybridized carbons (Fsp3) is 0.667. The lowest BCUT2D eigenvalue weighted by atomic mass is 10.1. The number of carboxylic acids is 1. The highest BCUT2D eigenvalue weighted by molar-refractivity contribution is 5.70. The molecule has 0 aliphatic rings. The number of allylic oxidation sites excluding steroid dienone is 12. The Morgan fingerprint density at radius 1 is 0.585 bits per heavy atom. The summed E-state index contributed by atoms with van der Waals surface area (Å²) in [5.41, 5.74) is 0. The number of hydrogen-bond acceptors (Lipinski definition) is 7. The van der Waals surface area contributed by atoms with E-state index in [1.807, 2.05) is 6.08 Å². The Kier molecular flexibility index (Phi) is 33.6. The summed E-state index contributed by atoms with van der Waals surface area (Å²) in [6, 6.07) is -0.734. The lowest BCUT2D eigenvalue weighted by Gasteiger charge is -2.34. The minimum atomic E-state index is -1.14. The number of likely N-dealkylation sites (N-methyl/N-ethyl adjacent to an activating group) is 1. The molecule has 8 heteroatoms. The van der Waals surface area contributed by atoms with E-state index >= 15 is 0 Å². The highest BCUT2D eigenvalue weighted by atomic mass is 16.6. The Morgan fingerprint density at radius 2 is 1.09 bits per heavy atom. The second-order valence-corrected chi connectivity index (χ2v) is 14.5. The van der Waals surface area contributed by atoms with Gasteiger partial charge in [0.05, 0.1) is 40.3 Å². The van der Waals surface area contributed by atoms with Crippen molar-refractivity contribution in [1.29, 1.82) is 0 Å². The normalized spacial score (nSPS) is 13.8. The van der Waals surface area contributed by atoms with Crippen molar-refractivity contribution in [2.75, 3.05) is 41.0 Å².